The zero-order valence-corrected chi connectivity index (χ0v) is 14.0. The smallest absolute Gasteiger partial charge is 0.253 e. The fourth-order valence-electron chi connectivity index (χ4n) is 3.05. The highest BCUT2D eigenvalue weighted by Crippen LogP contribution is 2.28. The van der Waals surface area contributed by atoms with Crippen LogP contribution in [-0.4, -0.2) is 39.7 Å². The highest BCUT2D eigenvalue weighted by atomic mass is 16.2. The number of carbonyl (C=O) groups is 1. The van der Waals surface area contributed by atoms with E-state index in [-0.39, 0.29) is 17.4 Å². The fourth-order valence-corrected chi connectivity index (χ4v) is 3.05. The fraction of sp³-hybridized carbons (Fsp3) is 0.444. The van der Waals surface area contributed by atoms with E-state index >= 15 is 0 Å². The van der Waals surface area contributed by atoms with Gasteiger partial charge in [-0.25, -0.2) is 4.68 Å². The molecule has 1 aromatic carbocycles. The Kier molecular flexibility index (Phi) is 3.98. The first kappa shape index (κ1) is 15.7. The summed E-state index contributed by atoms with van der Waals surface area (Å²) >= 11 is 0. The zero-order valence-electron chi connectivity index (χ0n) is 14.0. The Morgan fingerprint density at radius 1 is 1.26 bits per heavy atom. The number of piperidine rings is 1. The molecule has 2 N–H and O–H groups in total. The van der Waals surface area contributed by atoms with Gasteiger partial charge in [-0.2, -0.15) is 5.10 Å². The molecule has 23 heavy (non-hydrogen) atoms. The standard InChI is InChI=1S/C18H24N4O/c1-13-8-11-22(20-13)15-6-4-14(5-7-15)17(23)21-10-9-16(19)18(2,3)12-21/h4-8,11,16H,9-10,12,19H2,1-3H3. The molecule has 0 saturated carbocycles. The second kappa shape index (κ2) is 5.81. The van der Waals surface area contributed by atoms with Crippen molar-refractivity contribution in [2.45, 2.75) is 33.2 Å². The summed E-state index contributed by atoms with van der Waals surface area (Å²) in [5.41, 5.74) is 8.75. The molecule has 1 unspecified atom stereocenters. The highest BCUT2D eigenvalue weighted by molar-refractivity contribution is 5.94. The van der Waals surface area contributed by atoms with Gasteiger partial charge >= 0.3 is 0 Å². The van der Waals surface area contributed by atoms with Crippen molar-refractivity contribution in [3.05, 3.63) is 47.8 Å². The molecule has 1 atom stereocenters. The maximum absolute atomic E-state index is 12.7. The predicted molar refractivity (Wildman–Crippen MR) is 90.6 cm³/mol. The van der Waals surface area contributed by atoms with Gasteiger partial charge in [0.2, 0.25) is 0 Å². The Bertz CT molecular complexity index is 702. The molecular weight excluding hydrogens is 288 g/mol. The maximum Gasteiger partial charge on any atom is 0.253 e. The molecule has 5 heteroatoms. The molecule has 5 nitrogen and oxygen atoms in total. The molecule has 1 saturated heterocycles. The summed E-state index contributed by atoms with van der Waals surface area (Å²) in [5.74, 6) is 0.0770. The third-order valence-corrected chi connectivity index (χ3v) is 4.70. The number of aromatic nitrogens is 2. The lowest BCUT2D eigenvalue weighted by atomic mass is 9.79. The first-order valence-electron chi connectivity index (χ1n) is 8.04. The van der Waals surface area contributed by atoms with Crippen LogP contribution in [-0.2, 0) is 0 Å². The average molecular weight is 312 g/mol. The Hall–Kier alpha value is -2.14. The van der Waals surface area contributed by atoms with E-state index in [9.17, 15) is 4.79 Å². The van der Waals surface area contributed by atoms with Crippen molar-refractivity contribution in [1.82, 2.24) is 14.7 Å². The molecule has 0 spiro atoms. The lowest BCUT2D eigenvalue weighted by Crippen LogP contribution is -2.53. The van der Waals surface area contributed by atoms with Gasteiger partial charge in [-0.05, 0) is 49.1 Å². The topological polar surface area (TPSA) is 64.2 Å². The zero-order chi connectivity index (χ0) is 16.6. The molecule has 0 radical (unpaired) electrons. The summed E-state index contributed by atoms with van der Waals surface area (Å²) in [6.45, 7) is 7.63. The van der Waals surface area contributed by atoms with Gasteiger partial charge in [0.1, 0.15) is 0 Å². The number of nitrogens with two attached hydrogens (primary N) is 1. The number of rotatable bonds is 2. The first-order valence-corrected chi connectivity index (χ1v) is 8.04. The van der Waals surface area contributed by atoms with Gasteiger partial charge < -0.3 is 10.6 Å². The average Bonchev–Trinajstić information content (AvgIpc) is 2.96. The summed E-state index contributed by atoms with van der Waals surface area (Å²) in [6.07, 6.45) is 2.77. The van der Waals surface area contributed by atoms with E-state index in [0.717, 1.165) is 24.3 Å². The van der Waals surface area contributed by atoms with Gasteiger partial charge in [-0.1, -0.05) is 13.8 Å². The van der Waals surface area contributed by atoms with E-state index in [1.165, 1.54) is 0 Å². The number of carbonyl (C=O) groups excluding carboxylic acids is 1. The second-order valence-electron chi connectivity index (χ2n) is 7.06. The van der Waals surface area contributed by atoms with Gasteiger partial charge in [-0.3, -0.25) is 4.79 Å². The van der Waals surface area contributed by atoms with Crippen molar-refractivity contribution in [3.63, 3.8) is 0 Å². The second-order valence-corrected chi connectivity index (χ2v) is 7.06. The van der Waals surface area contributed by atoms with Gasteiger partial charge in [-0.15, -0.1) is 0 Å². The SMILES string of the molecule is Cc1ccn(-c2ccc(C(=O)N3CCC(N)C(C)(C)C3)cc2)n1. The molecule has 122 valence electrons. The minimum atomic E-state index is -0.0412. The molecule has 1 fully saturated rings. The molecule has 3 rings (SSSR count). The Labute approximate surface area is 137 Å². The van der Waals surface area contributed by atoms with Crippen LogP contribution in [0.3, 0.4) is 0 Å². The molecule has 2 heterocycles. The minimum absolute atomic E-state index is 0.0412. The highest BCUT2D eigenvalue weighted by Gasteiger charge is 2.35. The summed E-state index contributed by atoms with van der Waals surface area (Å²) in [7, 11) is 0. The number of hydrogen-bond acceptors (Lipinski definition) is 3. The van der Waals surface area contributed by atoms with Crippen molar-refractivity contribution in [1.29, 1.82) is 0 Å². The van der Waals surface area contributed by atoms with Gasteiger partial charge in [0, 0.05) is 30.9 Å². The number of benzene rings is 1. The number of aryl methyl sites for hydroxylation is 1. The van der Waals surface area contributed by atoms with Crippen LogP contribution < -0.4 is 5.73 Å². The van der Waals surface area contributed by atoms with Crippen molar-refractivity contribution in [3.8, 4) is 5.69 Å². The van der Waals surface area contributed by atoms with Gasteiger partial charge in [0.25, 0.3) is 5.91 Å². The molecule has 1 aliphatic heterocycles. The predicted octanol–water partition coefficient (Wildman–Crippen LogP) is 2.38. The van der Waals surface area contributed by atoms with E-state index in [1.807, 2.05) is 53.0 Å². The maximum atomic E-state index is 12.7. The minimum Gasteiger partial charge on any atom is -0.338 e. The Morgan fingerprint density at radius 3 is 2.52 bits per heavy atom. The summed E-state index contributed by atoms with van der Waals surface area (Å²) in [4.78, 5) is 14.6. The molecule has 0 aliphatic carbocycles. The van der Waals surface area contributed by atoms with Crippen LogP contribution in [0, 0.1) is 12.3 Å². The van der Waals surface area contributed by atoms with E-state index in [4.69, 9.17) is 5.73 Å². The number of amides is 1. The number of likely N-dealkylation sites (tertiary alicyclic amines) is 1. The van der Waals surface area contributed by atoms with Crippen molar-refractivity contribution >= 4 is 5.91 Å². The van der Waals surface area contributed by atoms with E-state index in [0.29, 0.717) is 12.1 Å². The van der Waals surface area contributed by atoms with Crippen LogP contribution in [0.5, 0.6) is 0 Å². The van der Waals surface area contributed by atoms with E-state index in [2.05, 4.69) is 18.9 Å². The molecular formula is C18H24N4O. The van der Waals surface area contributed by atoms with Gasteiger partial charge in [0.05, 0.1) is 11.4 Å². The third kappa shape index (κ3) is 3.15. The largest absolute Gasteiger partial charge is 0.338 e. The first-order chi connectivity index (χ1) is 10.9. The third-order valence-electron chi connectivity index (χ3n) is 4.70. The van der Waals surface area contributed by atoms with Crippen LogP contribution in [0.25, 0.3) is 5.69 Å². The van der Waals surface area contributed by atoms with E-state index in [1.54, 1.807) is 0 Å². The normalized spacial score (nSPS) is 20.5. The molecule has 1 aromatic heterocycles. The van der Waals surface area contributed by atoms with Crippen LogP contribution in [0.1, 0.15) is 36.3 Å². The lowest BCUT2D eigenvalue weighted by molar-refractivity contribution is 0.0533. The molecule has 1 amide bonds. The van der Waals surface area contributed by atoms with Gasteiger partial charge in [0.15, 0.2) is 0 Å². The van der Waals surface area contributed by atoms with E-state index < -0.39 is 0 Å². The van der Waals surface area contributed by atoms with Crippen LogP contribution in [0.4, 0.5) is 0 Å². The molecule has 1 aliphatic rings. The van der Waals surface area contributed by atoms with Crippen LogP contribution in [0.2, 0.25) is 0 Å². The summed E-state index contributed by atoms with van der Waals surface area (Å²) in [5, 5.41) is 4.38. The quantitative estimate of drug-likeness (QED) is 0.926. The monoisotopic (exact) mass is 312 g/mol. The Balaban J connectivity index is 1.75. The summed E-state index contributed by atoms with van der Waals surface area (Å²) in [6, 6.07) is 9.71. The number of hydrogen-bond donors (Lipinski definition) is 1. The summed E-state index contributed by atoms with van der Waals surface area (Å²) < 4.78 is 1.81. The van der Waals surface area contributed by atoms with Crippen LogP contribution in [0.15, 0.2) is 36.5 Å². The van der Waals surface area contributed by atoms with Crippen molar-refractivity contribution < 1.29 is 4.79 Å². The molecule has 0 bridgehead atoms. The van der Waals surface area contributed by atoms with Crippen molar-refractivity contribution in [2.24, 2.45) is 11.1 Å². The number of nitrogens with zero attached hydrogens (tertiary/aromatic N) is 3. The van der Waals surface area contributed by atoms with Crippen LogP contribution >= 0.6 is 0 Å². The lowest BCUT2D eigenvalue weighted by Gasteiger charge is -2.42. The molecule has 2 aromatic rings. The Morgan fingerprint density at radius 2 is 1.96 bits per heavy atom. The van der Waals surface area contributed by atoms with Crippen molar-refractivity contribution in [2.75, 3.05) is 13.1 Å².